The molecule has 0 aromatic heterocycles. The monoisotopic (exact) mass is 210 g/mol. The van der Waals surface area contributed by atoms with Crippen molar-refractivity contribution < 1.29 is 0 Å². The molecule has 2 aliphatic carbocycles. The standard InChI is InChI=1S/C13H26N2/c1-4-14-12-6-5-7-13(12)15(3)10(2)11-8-9-11/h10-14H,4-9H2,1-3H3. The van der Waals surface area contributed by atoms with Crippen LogP contribution < -0.4 is 5.32 Å². The number of hydrogen-bond acceptors (Lipinski definition) is 2. The van der Waals surface area contributed by atoms with Crippen LogP contribution in [0.15, 0.2) is 0 Å². The molecular formula is C13H26N2. The molecule has 0 bridgehead atoms. The summed E-state index contributed by atoms with van der Waals surface area (Å²) >= 11 is 0. The Morgan fingerprint density at radius 3 is 2.60 bits per heavy atom. The third-order valence-corrected chi connectivity index (χ3v) is 4.42. The van der Waals surface area contributed by atoms with Crippen molar-refractivity contribution >= 4 is 0 Å². The van der Waals surface area contributed by atoms with Gasteiger partial charge in [-0.1, -0.05) is 13.3 Å². The molecule has 0 aromatic carbocycles. The number of hydrogen-bond donors (Lipinski definition) is 1. The highest BCUT2D eigenvalue weighted by Crippen LogP contribution is 2.37. The fourth-order valence-electron chi connectivity index (χ4n) is 3.14. The first-order valence-electron chi connectivity index (χ1n) is 6.69. The highest BCUT2D eigenvalue weighted by molar-refractivity contribution is 4.94. The normalized spacial score (nSPS) is 33.6. The minimum absolute atomic E-state index is 0.751. The van der Waals surface area contributed by atoms with E-state index >= 15 is 0 Å². The molecule has 2 heteroatoms. The van der Waals surface area contributed by atoms with Gasteiger partial charge in [0.25, 0.3) is 0 Å². The van der Waals surface area contributed by atoms with Crippen molar-refractivity contribution in [1.29, 1.82) is 0 Å². The third kappa shape index (κ3) is 2.54. The lowest BCUT2D eigenvalue weighted by Gasteiger charge is -2.35. The zero-order valence-electron chi connectivity index (χ0n) is 10.5. The molecule has 2 nitrogen and oxygen atoms in total. The van der Waals surface area contributed by atoms with Crippen LogP contribution in [0.2, 0.25) is 0 Å². The van der Waals surface area contributed by atoms with Crippen LogP contribution in [0.25, 0.3) is 0 Å². The second-order valence-electron chi connectivity index (χ2n) is 5.41. The molecule has 15 heavy (non-hydrogen) atoms. The van der Waals surface area contributed by atoms with E-state index in [1.54, 1.807) is 0 Å². The predicted octanol–water partition coefficient (Wildman–Crippen LogP) is 2.25. The van der Waals surface area contributed by atoms with E-state index in [-0.39, 0.29) is 0 Å². The maximum Gasteiger partial charge on any atom is 0.0249 e. The Morgan fingerprint density at radius 1 is 1.27 bits per heavy atom. The summed E-state index contributed by atoms with van der Waals surface area (Å²) in [4.78, 5) is 2.65. The lowest BCUT2D eigenvalue weighted by molar-refractivity contribution is 0.147. The van der Waals surface area contributed by atoms with Crippen LogP contribution in [-0.2, 0) is 0 Å². The van der Waals surface area contributed by atoms with Gasteiger partial charge in [0.05, 0.1) is 0 Å². The molecule has 0 spiro atoms. The molecule has 2 saturated carbocycles. The topological polar surface area (TPSA) is 15.3 Å². The third-order valence-electron chi connectivity index (χ3n) is 4.42. The maximum absolute atomic E-state index is 3.65. The Bertz CT molecular complexity index is 201. The highest BCUT2D eigenvalue weighted by atomic mass is 15.2. The van der Waals surface area contributed by atoms with Crippen LogP contribution in [0, 0.1) is 5.92 Å². The first-order chi connectivity index (χ1) is 7.24. The fraction of sp³-hybridized carbons (Fsp3) is 1.00. The molecule has 3 atom stereocenters. The van der Waals surface area contributed by atoms with Gasteiger partial charge >= 0.3 is 0 Å². The van der Waals surface area contributed by atoms with E-state index in [1.165, 1.54) is 32.1 Å². The summed E-state index contributed by atoms with van der Waals surface area (Å²) < 4.78 is 0. The average Bonchev–Trinajstić information content (AvgIpc) is 2.98. The molecule has 1 N–H and O–H groups in total. The molecule has 2 aliphatic rings. The van der Waals surface area contributed by atoms with Crippen LogP contribution in [0.4, 0.5) is 0 Å². The van der Waals surface area contributed by atoms with Crippen molar-refractivity contribution in [3.8, 4) is 0 Å². The van der Waals surface area contributed by atoms with E-state index in [0.29, 0.717) is 0 Å². The fourth-order valence-corrected chi connectivity index (χ4v) is 3.14. The molecular weight excluding hydrogens is 184 g/mol. The lowest BCUT2D eigenvalue weighted by Crippen LogP contribution is -2.49. The SMILES string of the molecule is CCNC1CCCC1N(C)C(C)C1CC1. The minimum atomic E-state index is 0.751. The second-order valence-corrected chi connectivity index (χ2v) is 5.41. The quantitative estimate of drug-likeness (QED) is 0.749. The summed E-state index contributed by atoms with van der Waals surface area (Å²) in [6.07, 6.45) is 7.10. The number of likely N-dealkylation sites (N-methyl/N-ethyl adjacent to an activating group) is 2. The summed E-state index contributed by atoms with van der Waals surface area (Å²) in [5, 5.41) is 3.65. The predicted molar refractivity (Wildman–Crippen MR) is 65.1 cm³/mol. The van der Waals surface area contributed by atoms with Crippen molar-refractivity contribution in [2.75, 3.05) is 13.6 Å². The molecule has 3 unspecified atom stereocenters. The Hall–Kier alpha value is -0.0800. The highest BCUT2D eigenvalue weighted by Gasteiger charge is 2.37. The summed E-state index contributed by atoms with van der Waals surface area (Å²) in [7, 11) is 2.34. The van der Waals surface area contributed by atoms with E-state index in [0.717, 1.165) is 30.6 Å². The summed E-state index contributed by atoms with van der Waals surface area (Å²) in [6, 6.07) is 2.34. The van der Waals surface area contributed by atoms with Crippen molar-refractivity contribution in [1.82, 2.24) is 10.2 Å². The second kappa shape index (κ2) is 4.84. The number of nitrogens with zero attached hydrogens (tertiary/aromatic N) is 1. The van der Waals surface area contributed by atoms with Gasteiger partial charge in [-0.3, -0.25) is 4.90 Å². The Labute approximate surface area is 94.4 Å². The van der Waals surface area contributed by atoms with Crippen molar-refractivity contribution in [2.24, 2.45) is 5.92 Å². The van der Waals surface area contributed by atoms with Gasteiger partial charge < -0.3 is 5.32 Å². The van der Waals surface area contributed by atoms with Crippen LogP contribution >= 0.6 is 0 Å². The van der Waals surface area contributed by atoms with Gasteiger partial charge in [0.15, 0.2) is 0 Å². The Kier molecular flexibility index (Phi) is 3.68. The number of rotatable bonds is 5. The molecule has 0 amide bonds. The molecule has 88 valence electrons. The van der Waals surface area contributed by atoms with E-state index < -0.39 is 0 Å². The smallest absolute Gasteiger partial charge is 0.0249 e. The van der Waals surface area contributed by atoms with Crippen molar-refractivity contribution in [3.63, 3.8) is 0 Å². The van der Waals surface area contributed by atoms with Gasteiger partial charge in [0.1, 0.15) is 0 Å². The largest absolute Gasteiger partial charge is 0.313 e. The van der Waals surface area contributed by atoms with Gasteiger partial charge in [-0.2, -0.15) is 0 Å². The summed E-state index contributed by atoms with van der Waals surface area (Å²) in [6.45, 7) is 5.76. The van der Waals surface area contributed by atoms with Gasteiger partial charge in [-0.15, -0.1) is 0 Å². The molecule has 0 aliphatic heterocycles. The van der Waals surface area contributed by atoms with Crippen molar-refractivity contribution in [2.45, 2.75) is 64.1 Å². The van der Waals surface area contributed by atoms with E-state index in [9.17, 15) is 0 Å². The van der Waals surface area contributed by atoms with Gasteiger partial charge in [0.2, 0.25) is 0 Å². The summed E-state index contributed by atoms with van der Waals surface area (Å²) in [5.74, 6) is 0.998. The molecule has 0 aromatic rings. The molecule has 0 heterocycles. The van der Waals surface area contributed by atoms with E-state index in [1.807, 2.05) is 0 Å². The zero-order chi connectivity index (χ0) is 10.8. The van der Waals surface area contributed by atoms with Crippen LogP contribution in [0.1, 0.15) is 46.0 Å². The van der Waals surface area contributed by atoms with Crippen LogP contribution in [0.3, 0.4) is 0 Å². The Morgan fingerprint density at radius 2 is 2.00 bits per heavy atom. The first-order valence-corrected chi connectivity index (χ1v) is 6.69. The minimum Gasteiger partial charge on any atom is -0.313 e. The average molecular weight is 210 g/mol. The van der Waals surface area contributed by atoms with Crippen LogP contribution in [0.5, 0.6) is 0 Å². The van der Waals surface area contributed by atoms with E-state index in [4.69, 9.17) is 0 Å². The zero-order valence-corrected chi connectivity index (χ0v) is 10.5. The van der Waals surface area contributed by atoms with Crippen LogP contribution in [-0.4, -0.2) is 36.6 Å². The Balaban J connectivity index is 1.89. The molecule has 0 radical (unpaired) electrons. The van der Waals surface area contributed by atoms with Crippen molar-refractivity contribution in [3.05, 3.63) is 0 Å². The summed E-state index contributed by atoms with van der Waals surface area (Å²) in [5.41, 5.74) is 0. The van der Waals surface area contributed by atoms with Gasteiger partial charge in [0, 0.05) is 18.1 Å². The lowest BCUT2D eigenvalue weighted by atomic mass is 10.1. The molecule has 2 fully saturated rings. The first kappa shape index (κ1) is 11.4. The van der Waals surface area contributed by atoms with E-state index in [2.05, 4.69) is 31.1 Å². The molecule has 2 rings (SSSR count). The maximum atomic E-state index is 3.65. The number of nitrogens with one attached hydrogen (secondary N) is 1. The van der Waals surface area contributed by atoms with Gasteiger partial charge in [-0.25, -0.2) is 0 Å². The molecule has 0 saturated heterocycles. The van der Waals surface area contributed by atoms with Gasteiger partial charge in [-0.05, 0) is 52.1 Å².